The van der Waals surface area contributed by atoms with Crippen molar-refractivity contribution in [1.82, 2.24) is 0 Å². The third kappa shape index (κ3) is 1.58. The Kier molecular flexibility index (Phi) is 3.28. The van der Waals surface area contributed by atoms with Crippen LogP contribution >= 0.6 is 0 Å². The van der Waals surface area contributed by atoms with Gasteiger partial charge in [-0.05, 0) is 26.2 Å². The third-order valence-corrected chi connectivity index (χ3v) is 4.79. The van der Waals surface area contributed by atoms with Crippen LogP contribution in [-0.2, 0) is 19.1 Å². The molecule has 2 saturated carbocycles. The lowest BCUT2D eigenvalue weighted by atomic mass is 9.39. The maximum atomic E-state index is 11.9. The molecule has 106 valence electrons. The van der Waals surface area contributed by atoms with Gasteiger partial charge in [0.2, 0.25) is 0 Å². The van der Waals surface area contributed by atoms with Crippen LogP contribution in [0.25, 0.3) is 0 Å². The molecule has 0 bridgehead atoms. The number of hydrogen-bond acceptors (Lipinski definition) is 4. The number of carbonyl (C=O) groups excluding carboxylic acids is 1. The fraction of sp³-hybridized carbons (Fsp3) is 0.769. The standard InChI is InChI=1S/C13H18O6/c1-2-19-9(14)8-7-12(10(15)16)5-3-4-6-13(8,12)11(17)18/h8H,2-7H2,1H3,(H,15,16)(H,17,18)/t8-,12-,13+/m1/s1. The second kappa shape index (κ2) is 4.51. The van der Waals surface area contributed by atoms with E-state index in [1.807, 2.05) is 0 Å². The zero-order valence-corrected chi connectivity index (χ0v) is 10.8. The average Bonchev–Trinajstić information content (AvgIpc) is 2.30. The van der Waals surface area contributed by atoms with Crippen LogP contribution in [0.15, 0.2) is 0 Å². The van der Waals surface area contributed by atoms with E-state index in [0.29, 0.717) is 19.3 Å². The quantitative estimate of drug-likeness (QED) is 0.746. The second-order valence-corrected chi connectivity index (χ2v) is 5.38. The highest BCUT2D eigenvalue weighted by Crippen LogP contribution is 2.68. The topological polar surface area (TPSA) is 101 Å². The highest BCUT2D eigenvalue weighted by atomic mass is 16.5. The van der Waals surface area contributed by atoms with Crippen molar-refractivity contribution in [2.75, 3.05) is 6.61 Å². The largest absolute Gasteiger partial charge is 0.481 e. The van der Waals surface area contributed by atoms with Crippen LogP contribution in [0.3, 0.4) is 0 Å². The molecule has 2 N–H and O–H groups in total. The zero-order valence-electron chi connectivity index (χ0n) is 10.8. The van der Waals surface area contributed by atoms with Crippen molar-refractivity contribution in [3.63, 3.8) is 0 Å². The Morgan fingerprint density at radius 3 is 2.32 bits per heavy atom. The van der Waals surface area contributed by atoms with Gasteiger partial charge in [0.15, 0.2) is 0 Å². The number of ether oxygens (including phenoxy) is 1. The molecule has 2 rings (SSSR count). The Balaban J connectivity index is 2.40. The lowest BCUT2D eigenvalue weighted by Gasteiger charge is -2.60. The number of esters is 1. The van der Waals surface area contributed by atoms with Crippen molar-refractivity contribution in [2.24, 2.45) is 16.7 Å². The van der Waals surface area contributed by atoms with Gasteiger partial charge in [-0.2, -0.15) is 0 Å². The fourth-order valence-electron chi connectivity index (χ4n) is 3.85. The Bertz CT molecular complexity index is 431. The molecule has 0 aromatic carbocycles. The molecule has 2 aliphatic rings. The van der Waals surface area contributed by atoms with E-state index in [0.717, 1.165) is 0 Å². The summed E-state index contributed by atoms with van der Waals surface area (Å²) in [5.74, 6) is -3.70. The summed E-state index contributed by atoms with van der Waals surface area (Å²) in [5.41, 5.74) is -2.78. The number of carboxylic acids is 2. The van der Waals surface area contributed by atoms with Gasteiger partial charge in [0.05, 0.1) is 23.4 Å². The first-order valence-electron chi connectivity index (χ1n) is 6.56. The lowest BCUT2D eigenvalue weighted by molar-refractivity contribution is -0.225. The summed E-state index contributed by atoms with van der Waals surface area (Å²) in [4.78, 5) is 35.1. The van der Waals surface area contributed by atoms with E-state index in [4.69, 9.17) is 4.74 Å². The summed E-state index contributed by atoms with van der Waals surface area (Å²) in [6.07, 6.45) is 1.96. The van der Waals surface area contributed by atoms with Gasteiger partial charge in [0, 0.05) is 0 Å². The summed E-state index contributed by atoms with van der Waals surface area (Å²) >= 11 is 0. The molecule has 2 aliphatic carbocycles. The summed E-state index contributed by atoms with van der Waals surface area (Å²) in [7, 11) is 0. The first kappa shape index (κ1) is 13.8. The predicted molar refractivity (Wildman–Crippen MR) is 63.3 cm³/mol. The van der Waals surface area contributed by atoms with Gasteiger partial charge in [-0.3, -0.25) is 14.4 Å². The number of hydrogen-bond donors (Lipinski definition) is 2. The van der Waals surface area contributed by atoms with Crippen molar-refractivity contribution in [3.05, 3.63) is 0 Å². The lowest BCUT2D eigenvalue weighted by Crippen LogP contribution is -2.69. The van der Waals surface area contributed by atoms with E-state index >= 15 is 0 Å². The Morgan fingerprint density at radius 1 is 1.16 bits per heavy atom. The first-order chi connectivity index (χ1) is 8.92. The number of rotatable bonds is 4. The number of carboxylic acid groups (broad SMARTS) is 2. The Morgan fingerprint density at radius 2 is 1.79 bits per heavy atom. The minimum atomic E-state index is -1.48. The van der Waals surface area contributed by atoms with Crippen LogP contribution in [0.2, 0.25) is 0 Å². The number of aliphatic carboxylic acids is 2. The maximum Gasteiger partial charge on any atom is 0.311 e. The van der Waals surface area contributed by atoms with Crippen molar-refractivity contribution >= 4 is 17.9 Å². The van der Waals surface area contributed by atoms with Crippen molar-refractivity contribution in [2.45, 2.75) is 39.0 Å². The summed E-state index contributed by atoms with van der Waals surface area (Å²) < 4.78 is 4.90. The summed E-state index contributed by atoms with van der Waals surface area (Å²) in [6.45, 7) is 1.82. The summed E-state index contributed by atoms with van der Waals surface area (Å²) in [6, 6.07) is 0. The smallest absolute Gasteiger partial charge is 0.311 e. The fourth-order valence-corrected chi connectivity index (χ4v) is 3.85. The molecule has 6 heteroatoms. The van der Waals surface area contributed by atoms with Crippen LogP contribution in [0.1, 0.15) is 39.0 Å². The molecule has 19 heavy (non-hydrogen) atoms. The third-order valence-electron chi connectivity index (χ3n) is 4.79. The molecular formula is C13H18O6. The highest BCUT2D eigenvalue weighted by Gasteiger charge is 2.76. The molecule has 0 aliphatic heterocycles. The van der Waals surface area contributed by atoms with E-state index < -0.39 is 34.7 Å². The van der Waals surface area contributed by atoms with E-state index in [-0.39, 0.29) is 19.4 Å². The monoisotopic (exact) mass is 270 g/mol. The van der Waals surface area contributed by atoms with E-state index in [2.05, 4.69) is 0 Å². The van der Waals surface area contributed by atoms with Gasteiger partial charge in [-0.25, -0.2) is 0 Å². The van der Waals surface area contributed by atoms with E-state index in [9.17, 15) is 24.6 Å². The van der Waals surface area contributed by atoms with Crippen LogP contribution in [-0.4, -0.2) is 34.7 Å². The molecule has 3 atom stereocenters. The SMILES string of the molecule is CCOC(=O)[C@H]1C[C@@]2(C(=O)O)CCCC[C@@]12C(=O)O. The number of carbonyl (C=O) groups is 3. The van der Waals surface area contributed by atoms with Crippen molar-refractivity contribution in [3.8, 4) is 0 Å². The normalized spacial score (nSPS) is 36.8. The molecule has 0 unspecified atom stereocenters. The molecular weight excluding hydrogens is 252 g/mol. The molecule has 0 spiro atoms. The van der Waals surface area contributed by atoms with Gasteiger partial charge in [0.25, 0.3) is 0 Å². The van der Waals surface area contributed by atoms with Gasteiger partial charge in [-0.1, -0.05) is 12.8 Å². The molecule has 0 aromatic heterocycles. The molecule has 0 heterocycles. The minimum absolute atomic E-state index is 0.0769. The second-order valence-electron chi connectivity index (χ2n) is 5.38. The summed E-state index contributed by atoms with van der Waals surface area (Å²) in [5, 5.41) is 19.0. The predicted octanol–water partition coefficient (Wildman–Crippen LogP) is 1.29. The van der Waals surface area contributed by atoms with Gasteiger partial charge >= 0.3 is 17.9 Å². The van der Waals surface area contributed by atoms with Gasteiger partial charge in [0.1, 0.15) is 0 Å². The van der Waals surface area contributed by atoms with Crippen molar-refractivity contribution < 1.29 is 29.3 Å². The van der Waals surface area contributed by atoms with Crippen LogP contribution in [0.5, 0.6) is 0 Å². The van der Waals surface area contributed by atoms with Gasteiger partial charge < -0.3 is 14.9 Å². The highest BCUT2D eigenvalue weighted by molar-refractivity contribution is 5.95. The van der Waals surface area contributed by atoms with Crippen LogP contribution < -0.4 is 0 Å². The molecule has 0 saturated heterocycles. The molecule has 2 fully saturated rings. The van der Waals surface area contributed by atoms with Crippen molar-refractivity contribution in [1.29, 1.82) is 0 Å². The van der Waals surface area contributed by atoms with Gasteiger partial charge in [-0.15, -0.1) is 0 Å². The number of fused-ring (bicyclic) bond motifs is 1. The minimum Gasteiger partial charge on any atom is -0.481 e. The molecule has 0 radical (unpaired) electrons. The van der Waals surface area contributed by atoms with Crippen LogP contribution in [0.4, 0.5) is 0 Å². The zero-order chi connectivity index (χ0) is 14.3. The molecule has 0 amide bonds. The Hall–Kier alpha value is -1.59. The van der Waals surface area contributed by atoms with Crippen LogP contribution in [0, 0.1) is 16.7 Å². The average molecular weight is 270 g/mol. The molecule has 0 aromatic rings. The van der Waals surface area contributed by atoms with E-state index in [1.165, 1.54) is 0 Å². The Labute approximate surface area is 110 Å². The van der Waals surface area contributed by atoms with E-state index in [1.54, 1.807) is 6.92 Å². The molecule has 6 nitrogen and oxygen atoms in total. The first-order valence-corrected chi connectivity index (χ1v) is 6.56. The maximum absolute atomic E-state index is 11.9.